The zero-order valence-electron chi connectivity index (χ0n) is 15.6. The monoisotopic (exact) mass is 379 g/mol. The molecular weight excluding hydrogens is 350 g/mol. The van der Waals surface area contributed by atoms with Crippen molar-refractivity contribution in [2.75, 3.05) is 0 Å². The average molecular weight is 380 g/mol. The third-order valence-electron chi connectivity index (χ3n) is 4.27. The minimum absolute atomic E-state index is 0.0184. The molecule has 1 N–H and O–H groups in total. The standard InChI is InChI=1S/C15H30ClN3O2SSi/c1-11(2)19-12(15(6,7)20)10-13(17-19)22(16,21)18-23(8,9)14(3,4)5/h10-11,20H,1-9H3. The van der Waals surface area contributed by atoms with Gasteiger partial charge in [0.15, 0.2) is 22.2 Å². The van der Waals surface area contributed by atoms with Gasteiger partial charge in [-0.1, -0.05) is 20.8 Å². The van der Waals surface area contributed by atoms with E-state index in [0.29, 0.717) is 5.69 Å². The maximum atomic E-state index is 13.0. The van der Waals surface area contributed by atoms with Crippen LogP contribution in [0.4, 0.5) is 0 Å². The van der Waals surface area contributed by atoms with Gasteiger partial charge in [-0.2, -0.15) is 5.10 Å². The Kier molecular flexibility index (Phi) is 5.54. The molecule has 0 spiro atoms. The van der Waals surface area contributed by atoms with Gasteiger partial charge in [-0.25, -0.2) is 4.21 Å². The van der Waals surface area contributed by atoms with Crippen LogP contribution in [0.1, 0.15) is 60.2 Å². The van der Waals surface area contributed by atoms with Gasteiger partial charge in [-0.3, -0.25) is 8.71 Å². The van der Waals surface area contributed by atoms with Crippen molar-refractivity contribution in [3.8, 4) is 0 Å². The van der Waals surface area contributed by atoms with Crippen molar-refractivity contribution in [1.29, 1.82) is 0 Å². The molecule has 1 aromatic heterocycles. The maximum absolute atomic E-state index is 13.0. The molecule has 1 rings (SSSR count). The molecular formula is C15H30ClN3O2SSi. The van der Waals surface area contributed by atoms with E-state index < -0.39 is 22.8 Å². The van der Waals surface area contributed by atoms with E-state index in [4.69, 9.17) is 10.7 Å². The largest absolute Gasteiger partial charge is 0.384 e. The quantitative estimate of drug-likeness (QED) is 0.610. The molecule has 0 bridgehead atoms. The summed E-state index contributed by atoms with van der Waals surface area (Å²) in [6, 6.07) is 1.64. The number of aromatic nitrogens is 2. The minimum atomic E-state index is -3.13. The average Bonchev–Trinajstić information content (AvgIpc) is 2.70. The lowest BCUT2D eigenvalue weighted by Gasteiger charge is -2.32. The summed E-state index contributed by atoms with van der Waals surface area (Å²) in [5, 5.41) is 14.9. The predicted molar refractivity (Wildman–Crippen MR) is 99.7 cm³/mol. The highest BCUT2D eigenvalue weighted by molar-refractivity contribution is 8.16. The van der Waals surface area contributed by atoms with E-state index in [9.17, 15) is 9.32 Å². The molecule has 0 aromatic carbocycles. The van der Waals surface area contributed by atoms with Gasteiger partial charge in [-0.05, 0) is 45.8 Å². The molecule has 0 saturated heterocycles. The molecule has 0 fully saturated rings. The molecule has 0 radical (unpaired) electrons. The SMILES string of the molecule is CC(C)n1nc(S(=O)(Cl)=N[Si](C)(C)C(C)(C)C)cc1C(C)(C)O. The molecule has 1 heterocycles. The minimum Gasteiger partial charge on any atom is -0.384 e. The molecule has 0 aliphatic heterocycles. The Labute approximate surface area is 146 Å². The summed E-state index contributed by atoms with van der Waals surface area (Å²) < 4.78 is 19.3. The van der Waals surface area contributed by atoms with Gasteiger partial charge >= 0.3 is 0 Å². The molecule has 0 aliphatic carbocycles. The molecule has 134 valence electrons. The highest BCUT2D eigenvalue weighted by Crippen LogP contribution is 2.39. The third-order valence-corrected chi connectivity index (χ3v) is 12.5. The lowest BCUT2D eigenvalue weighted by atomic mass is 10.1. The maximum Gasteiger partial charge on any atom is 0.194 e. The van der Waals surface area contributed by atoms with Gasteiger partial charge in [0.05, 0.1) is 5.69 Å². The van der Waals surface area contributed by atoms with Crippen LogP contribution in [0, 0.1) is 0 Å². The Morgan fingerprint density at radius 1 is 1.30 bits per heavy atom. The first-order chi connectivity index (χ1) is 9.99. The van der Waals surface area contributed by atoms with Gasteiger partial charge in [0.1, 0.15) is 5.60 Å². The smallest absolute Gasteiger partial charge is 0.194 e. The van der Waals surface area contributed by atoms with Crippen LogP contribution in [0.5, 0.6) is 0 Å². The number of rotatable bonds is 4. The number of nitrogens with zero attached hydrogens (tertiary/aromatic N) is 3. The van der Waals surface area contributed by atoms with E-state index in [1.54, 1.807) is 24.6 Å². The van der Waals surface area contributed by atoms with Crippen LogP contribution >= 0.6 is 10.7 Å². The fourth-order valence-corrected chi connectivity index (χ4v) is 7.87. The number of hydrogen-bond donors (Lipinski definition) is 1. The molecule has 8 heteroatoms. The Bertz CT molecular complexity index is 691. The topological polar surface area (TPSA) is 67.5 Å². The van der Waals surface area contributed by atoms with Crippen LogP contribution in [-0.4, -0.2) is 27.3 Å². The van der Waals surface area contributed by atoms with Crippen molar-refractivity contribution in [1.82, 2.24) is 9.78 Å². The first kappa shape index (κ1) is 20.7. The molecule has 5 nitrogen and oxygen atoms in total. The van der Waals surface area contributed by atoms with Crippen molar-refractivity contribution in [3.63, 3.8) is 0 Å². The summed E-state index contributed by atoms with van der Waals surface area (Å²) in [5.41, 5.74) is -0.514. The Morgan fingerprint density at radius 2 is 1.78 bits per heavy atom. The lowest BCUT2D eigenvalue weighted by molar-refractivity contribution is 0.0669. The zero-order valence-corrected chi connectivity index (χ0v) is 18.2. The van der Waals surface area contributed by atoms with E-state index in [0.717, 1.165) is 0 Å². The van der Waals surface area contributed by atoms with E-state index in [1.807, 2.05) is 26.9 Å². The Morgan fingerprint density at radius 3 is 2.09 bits per heavy atom. The molecule has 1 unspecified atom stereocenters. The molecule has 1 atom stereocenters. The second kappa shape index (κ2) is 6.17. The van der Waals surface area contributed by atoms with E-state index >= 15 is 0 Å². The Balaban J connectivity index is 3.56. The summed E-state index contributed by atoms with van der Waals surface area (Å²) >= 11 is 0. The molecule has 0 amide bonds. The van der Waals surface area contributed by atoms with Crippen molar-refractivity contribution in [2.45, 2.75) is 83.3 Å². The normalized spacial score (nSPS) is 16.5. The van der Waals surface area contributed by atoms with Crippen LogP contribution in [-0.2, 0) is 14.5 Å². The predicted octanol–water partition coefficient (Wildman–Crippen LogP) is 4.68. The second-order valence-electron chi connectivity index (χ2n) is 8.32. The third kappa shape index (κ3) is 4.58. The van der Waals surface area contributed by atoms with Gasteiger partial charge in [0.25, 0.3) is 0 Å². The first-order valence-electron chi connectivity index (χ1n) is 7.79. The van der Waals surface area contributed by atoms with Gasteiger partial charge < -0.3 is 5.11 Å². The van der Waals surface area contributed by atoms with Crippen LogP contribution in [0.15, 0.2) is 15.1 Å². The van der Waals surface area contributed by atoms with E-state index in [2.05, 4.69) is 29.9 Å². The summed E-state index contributed by atoms with van der Waals surface area (Å²) in [4.78, 5) is 0. The highest BCUT2D eigenvalue weighted by Gasteiger charge is 2.38. The van der Waals surface area contributed by atoms with Gasteiger partial charge in [0, 0.05) is 22.8 Å². The summed E-state index contributed by atoms with van der Waals surface area (Å²) in [7, 11) is 1.00. The summed E-state index contributed by atoms with van der Waals surface area (Å²) in [5.74, 6) is 0. The van der Waals surface area contributed by atoms with Crippen LogP contribution in [0.25, 0.3) is 0 Å². The van der Waals surface area contributed by atoms with Crippen LogP contribution in [0.3, 0.4) is 0 Å². The highest BCUT2D eigenvalue weighted by atomic mass is 35.7. The van der Waals surface area contributed by atoms with Crippen LogP contribution < -0.4 is 0 Å². The number of hydrogen-bond acceptors (Lipinski definition) is 4. The van der Waals surface area contributed by atoms with Gasteiger partial charge in [-0.15, -0.1) is 0 Å². The van der Waals surface area contributed by atoms with Crippen molar-refractivity contribution in [2.24, 2.45) is 4.03 Å². The lowest BCUT2D eigenvalue weighted by Crippen LogP contribution is -2.35. The second-order valence-corrected chi connectivity index (χ2v) is 16.3. The summed E-state index contributed by atoms with van der Waals surface area (Å²) in [6.45, 7) is 17.6. The van der Waals surface area contributed by atoms with Crippen LogP contribution in [0.2, 0.25) is 18.1 Å². The molecule has 0 saturated carbocycles. The number of aliphatic hydroxyl groups is 1. The van der Waals surface area contributed by atoms with E-state index in [1.165, 1.54) is 0 Å². The fraction of sp³-hybridized carbons (Fsp3) is 0.800. The molecule has 1 aromatic rings. The molecule has 23 heavy (non-hydrogen) atoms. The fourth-order valence-electron chi connectivity index (χ4n) is 1.82. The Hall–Kier alpha value is -0.373. The van der Waals surface area contributed by atoms with E-state index in [-0.39, 0.29) is 16.1 Å². The molecule has 0 aliphatic rings. The number of halogens is 1. The van der Waals surface area contributed by atoms with Gasteiger partial charge in [0.2, 0.25) is 0 Å². The first-order valence-corrected chi connectivity index (χ1v) is 13.1. The van der Waals surface area contributed by atoms with Crippen molar-refractivity contribution < 1.29 is 9.32 Å². The van der Waals surface area contributed by atoms with Crippen molar-refractivity contribution >= 4 is 27.9 Å². The summed E-state index contributed by atoms with van der Waals surface area (Å²) in [6.07, 6.45) is 0. The van der Waals surface area contributed by atoms with Crippen molar-refractivity contribution in [3.05, 3.63) is 11.8 Å². The zero-order chi connectivity index (χ0) is 18.4.